The van der Waals surface area contributed by atoms with Gasteiger partial charge in [-0.15, -0.1) is 0 Å². The van der Waals surface area contributed by atoms with Gasteiger partial charge in [-0.25, -0.2) is 0 Å². The number of aliphatic hydroxyl groups excluding tert-OH is 1. The fourth-order valence-corrected chi connectivity index (χ4v) is 1.13. The van der Waals surface area contributed by atoms with Crippen LogP contribution in [0.15, 0.2) is 18.2 Å². The van der Waals surface area contributed by atoms with E-state index in [4.69, 9.17) is 9.84 Å². The zero-order valence-corrected chi connectivity index (χ0v) is 8.27. The second-order valence-electron chi connectivity index (χ2n) is 2.79. The van der Waals surface area contributed by atoms with Crippen LogP contribution in [-0.2, 0) is 0 Å². The number of nitrogens with zero attached hydrogens (tertiary/aromatic N) is 1. The maximum Gasteiger partial charge on any atom is 0.292 e. The van der Waals surface area contributed by atoms with E-state index in [0.717, 1.165) is 0 Å². The monoisotopic (exact) mass is 212 g/mol. The highest BCUT2D eigenvalue weighted by Crippen LogP contribution is 2.28. The second-order valence-corrected chi connectivity index (χ2v) is 2.79. The molecule has 1 aromatic rings. The van der Waals surface area contributed by atoms with Gasteiger partial charge in [0.25, 0.3) is 5.69 Å². The number of rotatable bonds is 5. The molecule has 6 heteroatoms. The minimum atomic E-state index is -0.487. The first-order valence-corrected chi connectivity index (χ1v) is 4.36. The zero-order chi connectivity index (χ0) is 11.3. The van der Waals surface area contributed by atoms with E-state index in [1.54, 1.807) is 0 Å². The van der Waals surface area contributed by atoms with Crippen LogP contribution in [-0.4, -0.2) is 30.3 Å². The summed E-state index contributed by atoms with van der Waals surface area (Å²) >= 11 is 0. The van der Waals surface area contributed by atoms with Gasteiger partial charge in [0, 0.05) is 18.7 Å². The van der Waals surface area contributed by atoms with Crippen LogP contribution < -0.4 is 10.1 Å². The summed E-state index contributed by atoms with van der Waals surface area (Å²) in [6.07, 6.45) is 0. The van der Waals surface area contributed by atoms with Crippen molar-refractivity contribution >= 4 is 11.4 Å². The first-order valence-electron chi connectivity index (χ1n) is 4.36. The third-order valence-corrected chi connectivity index (χ3v) is 1.83. The van der Waals surface area contributed by atoms with Gasteiger partial charge in [0.15, 0.2) is 0 Å². The SMILES string of the molecule is COc1ccc([N+](=O)[O-])c(NCCO)c1. The van der Waals surface area contributed by atoms with Gasteiger partial charge in [0.1, 0.15) is 11.4 Å². The predicted octanol–water partition coefficient (Wildman–Crippen LogP) is 1.01. The van der Waals surface area contributed by atoms with Crippen molar-refractivity contribution in [1.82, 2.24) is 0 Å². The zero-order valence-electron chi connectivity index (χ0n) is 8.27. The quantitative estimate of drug-likeness (QED) is 0.562. The fourth-order valence-electron chi connectivity index (χ4n) is 1.13. The molecule has 0 unspecified atom stereocenters. The van der Waals surface area contributed by atoms with Crippen LogP contribution in [0.25, 0.3) is 0 Å². The Morgan fingerprint density at radius 3 is 2.87 bits per heavy atom. The van der Waals surface area contributed by atoms with Crippen LogP contribution in [0.3, 0.4) is 0 Å². The van der Waals surface area contributed by atoms with Crippen LogP contribution in [0.4, 0.5) is 11.4 Å². The Morgan fingerprint density at radius 1 is 1.60 bits per heavy atom. The molecule has 0 aliphatic carbocycles. The first-order chi connectivity index (χ1) is 7.19. The molecule has 2 N–H and O–H groups in total. The van der Waals surface area contributed by atoms with Crippen molar-refractivity contribution in [2.24, 2.45) is 0 Å². The first kappa shape index (κ1) is 11.3. The van der Waals surface area contributed by atoms with Crippen LogP contribution in [0, 0.1) is 10.1 Å². The maximum absolute atomic E-state index is 10.6. The molecular formula is C9H12N2O4. The molecule has 0 aliphatic rings. The van der Waals surface area contributed by atoms with Gasteiger partial charge >= 0.3 is 0 Å². The summed E-state index contributed by atoms with van der Waals surface area (Å²) in [5.41, 5.74) is 0.303. The number of methoxy groups -OCH3 is 1. The normalized spacial score (nSPS) is 9.73. The topological polar surface area (TPSA) is 84.6 Å². The average Bonchev–Trinajstić information content (AvgIpc) is 2.25. The van der Waals surface area contributed by atoms with Crippen molar-refractivity contribution in [1.29, 1.82) is 0 Å². The Hall–Kier alpha value is -1.82. The van der Waals surface area contributed by atoms with Gasteiger partial charge in [0.05, 0.1) is 18.6 Å². The Labute approximate surface area is 86.6 Å². The maximum atomic E-state index is 10.6. The smallest absolute Gasteiger partial charge is 0.292 e. The van der Waals surface area contributed by atoms with Crippen molar-refractivity contribution < 1.29 is 14.8 Å². The lowest BCUT2D eigenvalue weighted by molar-refractivity contribution is -0.384. The molecule has 0 aliphatic heterocycles. The number of nitro groups is 1. The molecule has 0 spiro atoms. The molecule has 82 valence electrons. The third kappa shape index (κ3) is 2.81. The summed E-state index contributed by atoms with van der Waals surface area (Å²) in [4.78, 5) is 10.2. The molecule has 0 fully saturated rings. The standard InChI is InChI=1S/C9H12N2O4/c1-15-7-2-3-9(11(13)14)8(6-7)10-4-5-12/h2-3,6,10,12H,4-5H2,1H3. The Balaban J connectivity index is 2.99. The van der Waals surface area contributed by atoms with E-state index < -0.39 is 4.92 Å². The Kier molecular flexibility index (Phi) is 3.87. The number of aliphatic hydroxyl groups is 1. The minimum absolute atomic E-state index is 0.0377. The summed E-state index contributed by atoms with van der Waals surface area (Å²) in [6, 6.07) is 4.40. The molecule has 0 bridgehead atoms. The van der Waals surface area contributed by atoms with Crippen molar-refractivity contribution in [3.8, 4) is 5.75 Å². The van der Waals surface area contributed by atoms with Gasteiger partial charge in [-0.05, 0) is 6.07 Å². The highest BCUT2D eigenvalue weighted by Gasteiger charge is 2.13. The predicted molar refractivity (Wildman–Crippen MR) is 55.2 cm³/mol. The molecule has 0 atom stereocenters. The molecule has 1 aromatic carbocycles. The highest BCUT2D eigenvalue weighted by molar-refractivity contribution is 5.64. The molecule has 0 heterocycles. The molecule has 1 rings (SSSR count). The fraction of sp³-hybridized carbons (Fsp3) is 0.333. The largest absolute Gasteiger partial charge is 0.497 e. The number of ether oxygens (including phenoxy) is 1. The van der Waals surface area contributed by atoms with Gasteiger partial charge in [-0.2, -0.15) is 0 Å². The van der Waals surface area contributed by atoms with Gasteiger partial charge < -0.3 is 15.2 Å². The van der Waals surface area contributed by atoms with Crippen LogP contribution in [0.2, 0.25) is 0 Å². The number of hydrogen-bond acceptors (Lipinski definition) is 5. The van der Waals surface area contributed by atoms with Crippen LogP contribution >= 0.6 is 0 Å². The van der Waals surface area contributed by atoms with Crippen LogP contribution in [0.1, 0.15) is 0 Å². The summed E-state index contributed by atoms with van der Waals surface area (Å²) in [5, 5.41) is 22.0. The van der Waals surface area contributed by atoms with E-state index in [1.807, 2.05) is 0 Å². The lowest BCUT2D eigenvalue weighted by Gasteiger charge is -2.07. The van der Waals surface area contributed by atoms with Gasteiger partial charge in [-0.3, -0.25) is 10.1 Å². The van der Waals surface area contributed by atoms with Crippen molar-refractivity contribution in [3.63, 3.8) is 0 Å². The Morgan fingerprint density at radius 2 is 2.33 bits per heavy atom. The molecule has 0 amide bonds. The number of benzene rings is 1. The van der Waals surface area contributed by atoms with Crippen molar-refractivity contribution in [2.45, 2.75) is 0 Å². The molecule has 0 saturated heterocycles. The highest BCUT2D eigenvalue weighted by atomic mass is 16.6. The second kappa shape index (κ2) is 5.16. The number of nitrogens with one attached hydrogen (secondary N) is 1. The lowest BCUT2D eigenvalue weighted by Crippen LogP contribution is -2.07. The van der Waals surface area contributed by atoms with E-state index >= 15 is 0 Å². The lowest BCUT2D eigenvalue weighted by atomic mass is 10.2. The number of nitro benzene ring substituents is 1. The summed E-state index contributed by atoms with van der Waals surface area (Å²) in [6.45, 7) is 0.169. The van der Waals surface area contributed by atoms with Crippen molar-refractivity contribution in [2.75, 3.05) is 25.6 Å². The van der Waals surface area contributed by atoms with E-state index in [1.165, 1.54) is 25.3 Å². The minimum Gasteiger partial charge on any atom is -0.497 e. The summed E-state index contributed by atoms with van der Waals surface area (Å²) < 4.78 is 4.94. The summed E-state index contributed by atoms with van der Waals surface area (Å²) in [7, 11) is 1.48. The summed E-state index contributed by atoms with van der Waals surface area (Å²) in [5.74, 6) is 0.529. The number of anilines is 1. The number of hydrogen-bond donors (Lipinski definition) is 2. The molecular weight excluding hydrogens is 200 g/mol. The molecule has 6 nitrogen and oxygen atoms in total. The van der Waals surface area contributed by atoms with E-state index in [9.17, 15) is 10.1 Å². The molecule has 0 radical (unpaired) electrons. The van der Waals surface area contributed by atoms with Crippen molar-refractivity contribution in [3.05, 3.63) is 28.3 Å². The van der Waals surface area contributed by atoms with E-state index in [2.05, 4.69) is 5.32 Å². The molecule has 15 heavy (non-hydrogen) atoms. The third-order valence-electron chi connectivity index (χ3n) is 1.83. The average molecular weight is 212 g/mol. The van der Waals surface area contributed by atoms with Gasteiger partial charge in [-0.1, -0.05) is 0 Å². The molecule has 0 saturated carbocycles. The molecule has 0 aromatic heterocycles. The van der Waals surface area contributed by atoms with Gasteiger partial charge in [0.2, 0.25) is 0 Å². The van der Waals surface area contributed by atoms with E-state index in [-0.39, 0.29) is 18.8 Å². The van der Waals surface area contributed by atoms with Crippen LogP contribution in [0.5, 0.6) is 5.75 Å². The Bertz CT molecular complexity index is 354. The van der Waals surface area contributed by atoms with E-state index in [0.29, 0.717) is 11.4 Å².